The number of hydrogen-bond donors (Lipinski definition) is 1. The summed E-state index contributed by atoms with van der Waals surface area (Å²) in [5.41, 5.74) is 1.35. The van der Waals surface area contributed by atoms with Crippen molar-refractivity contribution in [2.45, 2.75) is 44.3 Å². The van der Waals surface area contributed by atoms with Crippen molar-refractivity contribution in [1.82, 2.24) is 15.1 Å². The molecule has 3 saturated heterocycles. The van der Waals surface area contributed by atoms with E-state index in [2.05, 4.69) is 39.4 Å². The number of rotatable bonds is 7. The van der Waals surface area contributed by atoms with E-state index in [0.717, 1.165) is 44.6 Å². The minimum Gasteiger partial charge on any atom is -0.493 e. The topological polar surface area (TPSA) is 37.0 Å². The van der Waals surface area contributed by atoms with E-state index in [4.69, 9.17) is 9.47 Å². The summed E-state index contributed by atoms with van der Waals surface area (Å²) < 4.78 is 11.6. The summed E-state index contributed by atoms with van der Waals surface area (Å²) in [6.07, 6.45) is 5.11. The SMILES string of the molecule is COCC1CCCN1Cc1cccc(OC[C@@H]2CC[C@H]3CNCCN3C2)c1. The van der Waals surface area contributed by atoms with Gasteiger partial charge in [-0.05, 0) is 49.9 Å². The van der Waals surface area contributed by atoms with Crippen LogP contribution in [0.15, 0.2) is 24.3 Å². The Morgan fingerprint density at radius 3 is 3.04 bits per heavy atom. The van der Waals surface area contributed by atoms with Gasteiger partial charge < -0.3 is 14.8 Å². The molecule has 1 aromatic rings. The zero-order valence-electron chi connectivity index (χ0n) is 16.7. The standard InChI is InChI=1S/C22H35N3O2/c1-26-17-21-5-3-10-24(21)14-18-4-2-6-22(12-18)27-16-19-7-8-20-13-23-9-11-25(20)15-19/h2,4,6,12,19-21,23H,3,5,7-11,13-17H2,1H3/t19-,20+,21?/m1/s1. The molecular formula is C22H35N3O2. The fourth-order valence-corrected chi connectivity index (χ4v) is 4.98. The van der Waals surface area contributed by atoms with Gasteiger partial charge >= 0.3 is 0 Å². The highest BCUT2D eigenvalue weighted by atomic mass is 16.5. The van der Waals surface area contributed by atoms with Crippen LogP contribution >= 0.6 is 0 Å². The number of hydrogen-bond acceptors (Lipinski definition) is 5. The first-order chi connectivity index (χ1) is 13.3. The third-order valence-corrected chi connectivity index (χ3v) is 6.50. The van der Waals surface area contributed by atoms with Crippen LogP contribution in [0.1, 0.15) is 31.2 Å². The van der Waals surface area contributed by atoms with Gasteiger partial charge in [0.2, 0.25) is 0 Å². The zero-order chi connectivity index (χ0) is 18.5. The highest BCUT2D eigenvalue weighted by Crippen LogP contribution is 2.25. The quantitative estimate of drug-likeness (QED) is 0.794. The van der Waals surface area contributed by atoms with E-state index < -0.39 is 0 Å². The van der Waals surface area contributed by atoms with Crippen molar-refractivity contribution in [3.63, 3.8) is 0 Å². The van der Waals surface area contributed by atoms with Gasteiger partial charge in [-0.15, -0.1) is 0 Å². The van der Waals surface area contributed by atoms with Crippen molar-refractivity contribution in [3.05, 3.63) is 29.8 Å². The van der Waals surface area contributed by atoms with Crippen LogP contribution in [0.3, 0.4) is 0 Å². The van der Waals surface area contributed by atoms with E-state index >= 15 is 0 Å². The van der Waals surface area contributed by atoms with Crippen LogP contribution in [0.5, 0.6) is 5.75 Å². The van der Waals surface area contributed by atoms with E-state index in [0.29, 0.717) is 12.0 Å². The average molecular weight is 374 g/mol. The molecule has 3 aliphatic heterocycles. The third-order valence-electron chi connectivity index (χ3n) is 6.50. The van der Waals surface area contributed by atoms with Gasteiger partial charge in [-0.2, -0.15) is 0 Å². The number of ether oxygens (including phenoxy) is 2. The molecule has 3 fully saturated rings. The minimum absolute atomic E-state index is 0.564. The Labute approximate surface area is 164 Å². The lowest BCUT2D eigenvalue weighted by Gasteiger charge is -2.42. The molecule has 0 aromatic heterocycles. The highest BCUT2D eigenvalue weighted by Gasteiger charge is 2.30. The largest absolute Gasteiger partial charge is 0.493 e. The van der Waals surface area contributed by atoms with Crippen molar-refractivity contribution in [1.29, 1.82) is 0 Å². The summed E-state index contributed by atoms with van der Waals surface area (Å²) in [4.78, 5) is 5.21. The van der Waals surface area contributed by atoms with Gasteiger partial charge in [0.1, 0.15) is 5.75 Å². The first-order valence-electron chi connectivity index (χ1n) is 10.7. The van der Waals surface area contributed by atoms with E-state index in [-0.39, 0.29) is 0 Å². The van der Waals surface area contributed by atoms with Crippen LogP contribution in [0, 0.1) is 5.92 Å². The molecular weight excluding hydrogens is 338 g/mol. The Morgan fingerprint density at radius 2 is 2.11 bits per heavy atom. The van der Waals surface area contributed by atoms with Crippen molar-refractivity contribution in [2.75, 3.05) is 53.0 Å². The smallest absolute Gasteiger partial charge is 0.119 e. The van der Waals surface area contributed by atoms with Gasteiger partial charge in [0.15, 0.2) is 0 Å². The van der Waals surface area contributed by atoms with Crippen LogP contribution in [0.2, 0.25) is 0 Å². The van der Waals surface area contributed by atoms with Gasteiger partial charge in [0, 0.05) is 57.8 Å². The molecule has 27 heavy (non-hydrogen) atoms. The number of piperazine rings is 1. The van der Waals surface area contributed by atoms with Crippen molar-refractivity contribution in [3.8, 4) is 5.75 Å². The molecule has 0 saturated carbocycles. The lowest BCUT2D eigenvalue weighted by molar-refractivity contribution is 0.0649. The molecule has 1 aromatic carbocycles. The molecule has 3 atom stereocenters. The maximum Gasteiger partial charge on any atom is 0.119 e. The second-order valence-electron chi connectivity index (χ2n) is 8.48. The number of nitrogens with zero attached hydrogens (tertiary/aromatic N) is 2. The van der Waals surface area contributed by atoms with E-state index in [1.165, 1.54) is 50.9 Å². The Bertz CT molecular complexity index is 597. The third kappa shape index (κ3) is 5.02. The maximum atomic E-state index is 6.22. The van der Waals surface area contributed by atoms with Gasteiger partial charge in [-0.25, -0.2) is 0 Å². The van der Waals surface area contributed by atoms with Crippen LogP contribution in [-0.2, 0) is 11.3 Å². The molecule has 5 heteroatoms. The zero-order valence-corrected chi connectivity index (χ0v) is 16.7. The molecule has 3 aliphatic rings. The Hall–Kier alpha value is -1.14. The molecule has 150 valence electrons. The predicted octanol–water partition coefficient (Wildman–Crippen LogP) is 2.36. The Morgan fingerprint density at radius 1 is 1.15 bits per heavy atom. The van der Waals surface area contributed by atoms with Crippen molar-refractivity contribution < 1.29 is 9.47 Å². The second kappa shape index (κ2) is 9.37. The van der Waals surface area contributed by atoms with Gasteiger partial charge in [-0.1, -0.05) is 12.1 Å². The Balaban J connectivity index is 1.28. The van der Waals surface area contributed by atoms with E-state index in [1.54, 1.807) is 7.11 Å². The van der Waals surface area contributed by atoms with Crippen molar-refractivity contribution in [2.24, 2.45) is 5.92 Å². The fourth-order valence-electron chi connectivity index (χ4n) is 4.98. The van der Waals surface area contributed by atoms with E-state index in [9.17, 15) is 0 Å². The summed E-state index contributed by atoms with van der Waals surface area (Å²) in [6, 6.07) is 10.0. The molecule has 4 rings (SSSR count). The molecule has 5 nitrogen and oxygen atoms in total. The minimum atomic E-state index is 0.564. The second-order valence-corrected chi connectivity index (χ2v) is 8.48. The molecule has 3 heterocycles. The van der Waals surface area contributed by atoms with Gasteiger partial charge in [-0.3, -0.25) is 9.80 Å². The predicted molar refractivity (Wildman–Crippen MR) is 108 cm³/mol. The van der Waals surface area contributed by atoms with Gasteiger partial charge in [0.05, 0.1) is 13.2 Å². The molecule has 0 aliphatic carbocycles. The summed E-state index contributed by atoms with van der Waals surface area (Å²) >= 11 is 0. The fraction of sp³-hybridized carbons (Fsp3) is 0.727. The van der Waals surface area contributed by atoms with Crippen LogP contribution in [0.4, 0.5) is 0 Å². The number of methoxy groups -OCH3 is 1. The summed E-state index contributed by atoms with van der Waals surface area (Å²) in [6.45, 7) is 8.53. The van der Waals surface area contributed by atoms with Crippen molar-refractivity contribution >= 4 is 0 Å². The molecule has 0 amide bonds. The number of nitrogens with one attached hydrogen (secondary N) is 1. The lowest BCUT2D eigenvalue weighted by atomic mass is 9.92. The number of benzene rings is 1. The molecule has 0 spiro atoms. The van der Waals surface area contributed by atoms with E-state index in [1.807, 2.05) is 0 Å². The molecule has 0 radical (unpaired) electrons. The van der Waals surface area contributed by atoms with Crippen LogP contribution in [0.25, 0.3) is 0 Å². The Kier molecular flexibility index (Phi) is 6.66. The monoisotopic (exact) mass is 373 g/mol. The summed E-state index contributed by atoms with van der Waals surface area (Å²) in [7, 11) is 1.80. The van der Waals surface area contributed by atoms with Crippen LogP contribution in [-0.4, -0.2) is 74.9 Å². The molecule has 1 N–H and O–H groups in total. The van der Waals surface area contributed by atoms with Crippen LogP contribution < -0.4 is 10.1 Å². The van der Waals surface area contributed by atoms with Gasteiger partial charge in [0.25, 0.3) is 0 Å². The molecule has 1 unspecified atom stereocenters. The normalized spacial score (nSPS) is 29.6. The number of likely N-dealkylation sites (tertiary alicyclic amines) is 1. The average Bonchev–Trinajstić information content (AvgIpc) is 3.13. The summed E-state index contributed by atoms with van der Waals surface area (Å²) in [5, 5.41) is 3.52. The first-order valence-corrected chi connectivity index (χ1v) is 10.7. The number of piperidine rings is 1. The first kappa shape index (κ1) is 19.2. The maximum absolute atomic E-state index is 6.22. The summed E-state index contributed by atoms with van der Waals surface area (Å²) in [5.74, 6) is 1.69. The number of fused-ring (bicyclic) bond motifs is 1. The lowest BCUT2D eigenvalue weighted by Crippen LogP contribution is -2.55. The molecule has 0 bridgehead atoms. The highest BCUT2D eigenvalue weighted by molar-refractivity contribution is 5.28.